The number of nitrogens with one attached hydrogen (secondary N) is 1. The third kappa shape index (κ3) is 4.71. The maximum Gasteiger partial charge on any atom is 0.262 e. The van der Waals surface area contributed by atoms with E-state index in [1.54, 1.807) is 44.5 Å². The summed E-state index contributed by atoms with van der Waals surface area (Å²) in [6, 6.07) is 11.4. The van der Waals surface area contributed by atoms with E-state index in [1.807, 2.05) is 6.08 Å². The largest absolute Gasteiger partial charge is 0.497 e. The number of hydrogen-bond donors (Lipinski definition) is 1. The number of halogens is 1. The van der Waals surface area contributed by atoms with Crippen molar-refractivity contribution in [3.8, 4) is 28.1 Å². The van der Waals surface area contributed by atoms with Crippen molar-refractivity contribution in [3.05, 3.63) is 82.0 Å². The topological polar surface area (TPSA) is 60.5 Å². The zero-order chi connectivity index (χ0) is 23.4. The van der Waals surface area contributed by atoms with Gasteiger partial charge in [0.25, 0.3) is 5.56 Å². The Morgan fingerprint density at radius 1 is 1.18 bits per heavy atom. The van der Waals surface area contributed by atoms with Crippen LogP contribution in [0.3, 0.4) is 0 Å². The van der Waals surface area contributed by atoms with Crippen molar-refractivity contribution in [1.29, 1.82) is 0 Å². The molecule has 1 N–H and O–H groups in total. The van der Waals surface area contributed by atoms with Gasteiger partial charge in [0.1, 0.15) is 17.4 Å². The Labute approximate surface area is 192 Å². The lowest BCUT2D eigenvalue weighted by molar-refractivity contribution is 0.415. The first-order valence-electron chi connectivity index (χ1n) is 10.8. The van der Waals surface area contributed by atoms with Crippen LogP contribution in [-0.2, 0) is 7.05 Å². The van der Waals surface area contributed by atoms with Gasteiger partial charge in [-0.3, -0.25) is 9.36 Å². The van der Waals surface area contributed by atoms with Gasteiger partial charge in [-0.15, -0.1) is 0 Å². The Morgan fingerprint density at radius 2 is 1.88 bits per heavy atom. The predicted molar refractivity (Wildman–Crippen MR) is 128 cm³/mol. The van der Waals surface area contributed by atoms with Crippen molar-refractivity contribution in [2.24, 2.45) is 13.0 Å². The Balaban J connectivity index is 1.88. The van der Waals surface area contributed by atoms with Crippen molar-refractivity contribution in [1.82, 2.24) is 14.9 Å². The minimum Gasteiger partial charge on any atom is -0.497 e. The molecule has 168 valence electrons. The molecule has 1 aliphatic heterocycles. The minimum absolute atomic E-state index is 0.0698. The van der Waals surface area contributed by atoms with Crippen LogP contribution in [0.5, 0.6) is 5.75 Å². The first-order chi connectivity index (χ1) is 16.0. The Morgan fingerprint density at radius 3 is 2.52 bits per heavy atom. The van der Waals surface area contributed by atoms with Crippen LogP contribution >= 0.6 is 0 Å². The molecular formula is C26H25FN4O2. The van der Waals surface area contributed by atoms with E-state index >= 15 is 0 Å². The van der Waals surface area contributed by atoms with Gasteiger partial charge in [-0.25, -0.2) is 14.2 Å². The molecule has 1 fully saturated rings. The average molecular weight is 445 g/mol. The highest BCUT2D eigenvalue weighted by atomic mass is 19.1. The van der Waals surface area contributed by atoms with E-state index < -0.39 is 5.82 Å². The molecule has 7 heteroatoms. The molecule has 0 unspecified atom stereocenters. The standard InChI is InChI=1S/C26H25FN4O2/c1-28-22-10-7-19(16-21(22)27)25-24(18-5-8-20(33-3)9-6-18)26(32)31(2)23(30-25)11-4-17-12-14-29-15-13-17/h4-11,16-17,29H,12-15H2,2-3H3/b11-4+. The zero-order valence-corrected chi connectivity index (χ0v) is 18.6. The molecule has 0 amide bonds. The molecule has 6 nitrogen and oxygen atoms in total. The smallest absolute Gasteiger partial charge is 0.262 e. The van der Waals surface area contributed by atoms with Crippen LogP contribution < -0.4 is 15.6 Å². The molecule has 2 heterocycles. The van der Waals surface area contributed by atoms with Crippen LogP contribution in [0.15, 0.2) is 53.3 Å². The lowest BCUT2D eigenvalue weighted by Gasteiger charge is -2.19. The summed E-state index contributed by atoms with van der Waals surface area (Å²) in [6.45, 7) is 9.05. The molecule has 0 radical (unpaired) electrons. The molecule has 0 aliphatic carbocycles. The number of rotatable bonds is 5. The second-order valence-corrected chi connectivity index (χ2v) is 8.01. The Hall–Kier alpha value is -3.76. The molecule has 3 aromatic rings. The van der Waals surface area contributed by atoms with Crippen LogP contribution in [-0.4, -0.2) is 29.8 Å². The number of hydrogen-bond acceptors (Lipinski definition) is 4. The molecule has 2 aromatic carbocycles. The monoisotopic (exact) mass is 444 g/mol. The summed E-state index contributed by atoms with van der Waals surface area (Å²) in [6.07, 6.45) is 6.04. The van der Waals surface area contributed by atoms with Crippen molar-refractivity contribution in [2.45, 2.75) is 12.8 Å². The summed E-state index contributed by atoms with van der Waals surface area (Å²) in [7, 11) is 3.27. The normalized spacial score (nSPS) is 14.4. The van der Waals surface area contributed by atoms with E-state index in [1.165, 1.54) is 16.7 Å². The van der Waals surface area contributed by atoms with Gasteiger partial charge in [0.15, 0.2) is 0 Å². The first-order valence-corrected chi connectivity index (χ1v) is 10.8. The molecule has 0 bridgehead atoms. The van der Waals surface area contributed by atoms with Crippen LogP contribution in [0.1, 0.15) is 18.7 Å². The van der Waals surface area contributed by atoms with Gasteiger partial charge in [0.2, 0.25) is 5.69 Å². The third-order valence-electron chi connectivity index (χ3n) is 5.95. The zero-order valence-electron chi connectivity index (χ0n) is 18.6. The maximum absolute atomic E-state index is 14.5. The summed E-state index contributed by atoms with van der Waals surface area (Å²) >= 11 is 0. The van der Waals surface area contributed by atoms with Crippen LogP contribution in [0.25, 0.3) is 33.3 Å². The second-order valence-electron chi connectivity index (χ2n) is 8.01. The highest BCUT2D eigenvalue weighted by Crippen LogP contribution is 2.32. The van der Waals surface area contributed by atoms with Crippen LogP contribution in [0.2, 0.25) is 0 Å². The number of nitrogens with zero attached hydrogens (tertiary/aromatic N) is 3. The molecule has 0 spiro atoms. The van der Waals surface area contributed by atoms with Crippen LogP contribution in [0.4, 0.5) is 10.1 Å². The predicted octanol–water partition coefficient (Wildman–Crippen LogP) is 4.83. The van der Waals surface area contributed by atoms with Gasteiger partial charge >= 0.3 is 0 Å². The van der Waals surface area contributed by atoms with Gasteiger partial charge in [-0.2, -0.15) is 0 Å². The summed E-state index contributed by atoms with van der Waals surface area (Å²) < 4.78 is 21.2. The van der Waals surface area contributed by atoms with E-state index in [9.17, 15) is 9.18 Å². The van der Waals surface area contributed by atoms with E-state index in [0.29, 0.717) is 39.9 Å². The molecule has 4 rings (SSSR count). The fourth-order valence-corrected chi connectivity index (χ4v) is 4.00. The highest BCUT2D eigenvalue weighted by Gasteiger charge is 2.19. The van der Waals surface area contributed by atoms with Crippen molar-refractivity contribution in [3.63, 3.8) is 0 Å². The number of benzene rings is 2. The summed E-state index contributed by atoms with van der Waals surface area (Å²) in [5.41, 5.74) is 1.55. The quantitative estimate of drug-likeness (QED) is 0.573. The number of aromatic nitrogens is 2. The molecule has 0 atom stereocenters. The van der Waals surface area contributed by atoms with Crippen molar-refractivity contribution in [2.75, 3.05) is 20.2 Å². The second kappa shape index (κ2) is 9.80. The van der Waals surface area contributed by atoms with Gasteiger partial charge in [0.05, 0.1) is 24.9 Å². The number of methoxy groups -OCH3 is 1. The maximum atomic E-state index is 14.5. The SMILES string of the molecule is [C-]#[N+]c1ccc(-c2nc(/C=C/C3CCNCC3)n(C)c(=O)c2-c2ccc(OC)cc2)cc1F. The molecule has 33 heavy (non-hydrogen) atoms. The summed E-state index contributed by atoms with van der Waals surface area (Å²) in [4.78, 5) is 21.5. The average Bonchev–Trinajstić information content (AvgIpc) is 2.85. The fraction of sp³-hybridized carbons (Fsp3) is 0.269. The van der Waals surface area contributed by atoms with E-state index in [-0.39, 0.29) is 11.2 Å². The first kappa shape index (κ1) is 22.4. The number of piperidine rings is 1. The third-order valence-corrected chi connectivity index (χ3v) is 5.95. The molecular weight excluding hydrogens is 419 g/mol. The molecule has 0 saturated carbocycles. The van der Waals surface area contributed by atoms with Gasteiger partial charge in [-0.05, 0) is 61.7 Å². The van der Waals surface area contributed by atoms with Gasteiger partial charge in [-0.1, -0.05) is 30.3 Å². The Bertz CT molecular complexity index is 1280. The van der Waals surface area contributed by atoms with E-state index in [0.717, 1.165) is 25.9 Å². The van der Waals surface area contributed by atoms with Gasteiger partial charge < -0.3 is 10.1 Å². The Kier molecular flexibility index (Phi) is 6.66. The molecule has 1 aliphatic rings. The fourth-order valence-electron chi connectivity index (χ4n) is 4.00. The summed E-state index contributed by atoms with van der Waals surface area (Å²) in [5, 5.41) is 3.34. The van der Waals surface area contributed by atoms with E-state index in [4.69, 9.17) is 16.3 Å². The van der Waals surface area contributed by atoms with Crippen molar-refractivity contribution >= 4 is 11.8 Å². The minimum atomic E-state index is -0.641. The summed E-state index contributed by atoms with van der Waals surface area (Å²) in [5.74, 6) is 0.945. The lowest BCUT2D eigenvalue weighted by Crippen LogP contribution is -2.27. The lowest BCUT2D eigenvalue weighted by atomic mass is 9.97. The van der Waals surface area contributed by atoms with Gasteiger partial charge in [0, 0.05) is 12.6 Å². The van der Waals surface area contributed by atoms with E-state index in [2.05, 4.69) is 16.2 Å². The van der Waals surface area contributed by atoms with Crippen LogP contribution in [0, 0.1) is 18.3 Å². The molecule has 1 aromatic heterocycles. The number of ether oxygens (including phenoxy) is 1. The molecule has 1 saturated heterocycles. The number of allylic oxidation sites excluding steroid dienone is 1. The van der Waals surface area contributed by atoms with Crippen molar-refractivity contribution < 1.29 is 9.13 Å². The highest BCUT2D eigenvalue weighted by molar-refractivity contribution is 5.81.